The van der Waals surface area contributed by atoms with Gasteiger partial charge in [-0.25, -0.2) is 13.4 Å². The Labute approximate surface area is 178 Å². The minimum atomic E-state index is -3.61. The van der Waals surface area contributed by atoms with E-state index in [1.807, 2.05) is 0 Å². The number of nitrogens with zero attached hydrogens (tertiary/aromatic N) is 2. The average Bonchev–Trinajstić information content (AvgIpc) is 3.18. The van der Waals surface area contributed by atoms with Crippen LogP contribution in [0.3, 0.4) is 0 Å². The monoisotopic (exact) mass is 456 g/mol. The van der Waals surface area contributed by atoms with Gasteiger partial charge >= 0.3 is 0 Å². The van der Waals surface area contributed by atoms with Crippen molar-refractivity contribution in [2.45, 2.75) is 30.5 Å². The van der Waals surface area contributed by atoms with Crippen LogP contribution in [0.1, 0.15) is 24.6 Å². The third-order valence-corrected chi connectivity index (χ3v) is 8.22. The Morgan fingerprint density at radius 2 is 1.97 bits per heavy atom. The number of anilines is 1. The summed E-state index contributed by atoms with van der Waals surface area (Å²) in [5.74, 6) is -0.208. The molecule has 11 heteroatoms. The summed E-state index contributed by atoms with van der Waals surface area (Å²) in [6.45, 7) is 2.26. The second-order valence-electron chi connectivity index (χ2n) is 6.66. The summed E-state index contributed by atoms with van der Waals surface area (Å²) in [6.07, 6.45) is 2.32. The zero-order chi connectivity index (χ0) is 21.0. The van der Waals surface area contributed by atoms with Crippen molar-refractivity contribution < 1.29 is 18.0 Å². The molecule has 1 saturated heterocycles. The molecule has 0 radical (unpaired) electrons. The number of thiophene rings is 1. The highest BCUT2D eigenvalue weighted by atomic mass is 35.5. The first-order valence-electron chi connectivity index (χ1n) is 9.01. The molecular weight excluding hydrogens is 436 g/mol. The van der Waals surface area contributed by atoms with Crippen molar-refractivity contribution in [2.75, 3.05) is 18.4 Å². The molecule has 29 heavy (non-hydrogen) atoms. The molecule has 2 N–H and O–H groups in total. The van der Waals surface area contributed by atoms with Crippen molar-refractivity contribution in [3.05, 3.63) is 40.4 Å². The second kappa shape index (κ2) is 9.21. The molecule has 0 atom stereocenters. The third kappa shape index (κ3) is 5.53. The standard InChI is InChI=1S/C18H21ClN4O4S2/c1-12(24)20-11-15-3-5-17(28-15)29(26,27)23-8-6-13(7-9-23)18(25)22-16-4-2-14(19)10-21-16/h2-5,10,13H,6-9,11H2,1H3,(H,20,24)(H,21,22,25). The fraction of sp³-hybridized carbons (Fsp3) is 0.389. The summed E-state index contributed by atoms with van der Waals surface area (Å²) in [4.78, 5) is 28.2. The first-order valence-corrected chi connectivity index (χ1v) is 11.6. The van der Waals surface area contributed by atoms with Gasteiger partial charge in [-0.05, 0) is 37.1 Å². The van der Waals surface area contributed by atoms with Crippen molar-refractivity contribution >= 4 is 50.6 Å². The number of aromatic nitrogens is 1. The molecule has 0 spiro atoms. The Morgan fingerprint density at radius 1 is 1.24 bits per heavy atom. The smallest absolute Gasteiger partial charge is 0.252 e. The topological polar surface area (TPSA) is 108 Å². The van der Waals surface area contributed by atoms with E-state index < -0.39 is 10.0 Å². The highest BCUT2D eigenvalue weighted by molar-refractivity contribution is 7.91. The van der Waals surface area contributed by atoms with Crippen molar-refractivity contribution in [1.82, 2.24) is 14.6 Å². The first-order chi connectivity index (χ1) is 13.8. The molecule has 2 aromatic heterocycles. The Bertz CT molecular complexity index is 984. The normalized spacial score (nSPS) is 15.8. The molecule has 0 saturated carbocycles. The van der Waals surface area contributed by atoms with E-state index >= 15 is 0 Å². The van der Waals surface area contributed by atoms with E-state index in [1.54, 1.807) is 24.3 Å². The van der Waals surface area contributed by atoms with E-state index in [2.05, 4.69) is 15.6 Å². The number of carbonyl (C=O) groups excluding carboxylic acids is 2. The Balaban J connectivity index is 1.57. The Morgan fingerprint density at radius 3 is 2.59 bits per heavy atom. The quantitative estimate of drug-likeness (QED) is 0.694. The van der Waals surface area contributed by atoms with Crippen LogP contribution in [0.2, 0.25) is 5.02 Å². The van der Waals surface area contributed by atoms with Crippen molar-refractivity contribution in [3.8, 4) is 0 Å². The number of nitrogens with one attached hydrogen (secondary N) is 2. The molecule has 0 aromatic carbocycles. The van der Waals surface area contributed by atoms with Gasteiger partial charge in [-0.15, -0.1) is 11.3 Å². The van der Waals surface area contributed by atoms with Gasteiger partial charge in [0.2, 0.25) is 11.8 Å². The molecule has 2 amide bonds. The fourth-order valence-corrected chi connectivity index (χ4v) is 6.00. The minimum absolute atomic E-state index is 0.169. The van der Waals surface area contributed by atoms with Gasteiger partial charge in [0.25, 0.3) is 10.0 Å². The van der Waals surface area contributed by atoms with Crippen LogP contribution in [-0.2, 0) is 26.2 Å². The van der Waals surface area contributed by atoms with E-state index in [-0.39, 0.29) is 35.0 Å². The van der Waals surface area contributed by atoms with Gasteiger partial charge < -0.3 is 10.6 Å². The van der Waals surface area contributed by atoms with E-state index in [4.69, 9.17) is 11.6 Å². The number of amides is 2. The molecule has 1 aliphatic rings. The predicted octanol–water partition coefficient (Wildman–Crippen LogP) is 2.47. The lowest BCUT2D eigenvalue weighted by molar-refractivity contribution is -0.121. The predicted molar refractivity (Wildman–Crippen MR) is 111 cm³/mol. The van der Waals surface area contributed by atoms with Crippen molar-refractivity contribution in [1.29, 1.82) is 0 Å². The molecule has 8 nitrogen and oxygen atoms in total. The molecule has 3 heterocycles. The van der Waals surface area contributed by atoms with Crippen LogP contribution in [0.5, 0.6) is 0 Å². The maximum Gasteiger partial charge on any atom is 0.252 e. The highest BCUT2D eigenvalue weighted by Crippen LogP contribution is 2.29. The summed E-state index contributed by atoms with van der Waals surface area (Å²) in [5, 5.41) is 5.88. The van der Waals surface area contributed by atoms with E-state index in [0.717, 1.165) is 16.2 Å². The first kappa shape index (κ1) is 21.7. The summed E-state index contributed by atoms with van der Waals surface area (Å²) >= 11 is 6.93. The van der Waals surface area contributed by atoms with Gasteiger partial charge in [0.15, 0.2) is 0 Å². The van der Waals surface area contributed by atoms with E-state index in [0.29, 0.717) is 30.2 Å². The van der Waals surface area contributed by atoms with Gasteiger partial charge in [0.1, 0.15) is 10.0 Å². The molecular formula is C18H21ClN4O4S2. The largest absolute Gasteiger partial charge is 0.351 e. The number of carbonyl (C=O) groups is 2. The lowest BCUT2D eigenvalue weighted by atomic mass is 9.97. The number of hydrogen-bond acceptors (Lipinski definition) is 6. The summed E-state index contributed by atoms with van der Waals surface area (Å²) in [7, 11) is -3.61. The Hall–Kier alpha value is -2.01. The lowest BCUT2D eigenvalue weighted by Gasteiger charge is -2.30. The van der Waals surface area contributed by atoms with Crippen LogP contribution >= 0.6 is 22.9 Å². The minimum Gasteiger partial charge on any atom is -0.351 e. The van der Waals surface area contributed by atoms with Gasteiger partial charge in [-0.1, -0.05) is 11.6 Å². The van der Waals surface area contributed by atoms with Crippen LogP contribution in [0.4, 0.5) is 5.82 Å². The van der Waals surface area contributed by atoms with E-state index in [1.165, 1.54) is 17.4 Å². The SMILES string of the molecule is CC(=O)NCc1ccc(S(=O)(=O)N2CCC(C(=O)Nc3ccc(Cl)cn3)CC2)s1. The van der Waals surface area contributed by atoms with Crippen LogP contribution in [0, 0.1) is 5.92 Å². The highest BCUT2D eigenvalue weighted by Gasteiger charge is 2.33. The van der Waals surface area contributed by atoms with Gasteiger partial charge in [-0.3, -0.25) is 9.59 Å². The van der Waals surface area contributed by atoms with Gasteiger partial charge in [0, 0.05) is 37.0 Å². The summed E-state index contributed by atoms with van der Waals surface area (Å²) in [6, 6.07) is 6.52. The molecule has 1 aliphatic heterocycles. The average molecular weight is 457 g/mol. The second-order valence-corrected chi connectivity index (χ2v) is 10.4. The number of sulfonamides is 1. The Kier molecular flexibility index (Phi) is 6.89. The molecule has 1 fully saturated rings. The zero-order valence-corrected chi connectivity index (χ0v) is 18.1. The van der Waals surface area contributed by atoms with Crippen LogP contribution in [-0.4, -0.2) is 42.6 Å². The van der Waals surface area contributed by atoms with E-state index in [9.17, 15) is 18.0 Å². The molecule has 0 unspecified atom stereocenters. The molecule has 3 rings (SSSR count). The van der Waals surface area contributed by atoms with Crippen molar-refractivity contribution in [2.24, 2.45) is 5.92 Å². The number of pyridine rings is 1. The van der Waals surface area contributed by atoms with Crippen LogP contribution in [0.15, 0.2) is 34.7 Å². The number of halogens is 1. The van der Waals surface area contributed by atoms with Gasteiger partial charge in [-0.2, -0.15) is 4.31 Å². The maximum atomic E-state index is 12.9. The summed E-state index contributed by atoms with van der Waals surface area (Å²) < 4.78 is 27.4. The lowest BCUT2D eigenvalue weighted by Crippen LogP contribution is -2.41. The molecule has 0 aliphatic carbocycles. The number of piperidine rings is 1. The maximum absolute atomic E-state index is 12.9. The summed E-state index contributed by atoms with van der Waals surface area (Å²) in [5.41, 5.74) is 0. The third-order valence-electron chi connectivity index (χ3n) is 4.55. The zero-order valence-electron chi connectivity index (χ0n) is 15.7. The fourth-order valence-electron chi connectivity index (χ4n) is 2.97. The van der Waals surface area contributed by atoms with Gasteiger partial charge in [0.05, 0.1) is 11.6 Å². The van der Waals surface area contributed by atoms with Crippen molar-refractivity contribution in [3.63, 3.8) is 0 Å². The number of hydrogen-bond donors (Lipinski definition) is 2. The molecule has 2 aromatic rings. The molecule has 0 bridgehead atoms. The van der Waals surface area contributed by atoms with Crippen LogP contribution < -0.4 is 10.6 Å². The molecule has 156 valence electrons. The number of rotatable bonds is 6. The van der Waals surface area contributed by atoms with Crippen LogP contribution in [0.25, 0.3) is 0 Å².